The molecule has 2 aromatic rings. The van der Waals surface area contributed by atoms with Crippen LogP contribution >= 0.6 is 11.6 Å². The van der Waals surface area contributed by atoms with E-state index >= 15 is 0 Å². The summed E-state index contributed by atoms with van der Waals surface area (Å²) in [5.41, 5.74) is 1.76. The van der Waals surface area contributed by atoms with Crippen LogP contribution in [-0.2, 0) is 16.1 Å². The van der Waals surface area contributed by atoms with Gasteiger partial charge in [-0.05, 0) is 19.1 Å². The molecule has 0 saturated heterocycles. The van der Waals surface area contributed by atoms with Crippen molar-refractivity contribution in [3.8, 4) is 0 Å². The molecule has 0 aliphatic carbocycles. The Labute approximate surface area is 122 Å². The number of para-hydroxylation sites is 2. The highest BCUT2D eigenvalue weighted by atomic mass is 35.5. The summed E-state index contributed by atoms with van der Waals surface area (Å²) in [5.74, 6) is 0.624. The van der Waals surface area contributed by atoms with E-state index in [-0.39, 0.29) is 17.8 Å². The number of amides is 1. The fraction of sp³-hybridized carbons (Fsp3) is 0.429. The van der Waals surface area contributed by atoms with E-state index in [2.05, 4.69) is 10.3 Å². The maximum absolute atomic E-state index is 11.9. The van der Waals surface area contributed by atoms with Crippen molar-refractivity contribution in [2.45, 2.75) is 18.8 Å². The molecule has 0 radical (unpaired) electrons. The zero-order valence-corrected chi connectivity index (χ0v) is 12.4. The van der Waals surface area contributed by atoms with Crippen molar-refractivity contribution >= 4 is 28.5 Å². The summed E-state index contributed by atoms with van der Waals surface area (Å²) in [6, 6.07) is 7.69. The number of ether oxygens (including phenoxy) is 1. The summed E-state index contributed by atoms with van der Waals surface area (Å²) in [7, 11) is 1.60. The summed E-state index contributed by atoms with van der Waals surface area (Å²) >= 11 is 6.15. The maximum atomic E-state index is 11.9. The zero-order valence-electron chi connectivity index (χ0n) is 11.6. The van der Waals surface area contributed by atoms with E-state index in [1.54, 1.807) is 7.11 Å². The normalized spacial score (nSPS) is 12.6. The number of carbonyl (C=O) groups is 1. The van der Waals surface area contributed by atoms with Gasteiger partial charge in [0, 0.05) is 13.7 Å². The van der Waals surface area contributed by atoms with Crippen molar-refractivity contribution in [3.05, 3.63) is 30.1 Å². The number of imidazole rings is 1. The Morgan fingerprint density at radius 1 is 1.50 bits per heavy atom. The molecule has 1 N–H and O–H groups in total. The molecule has 0 saturated carbocycles. The molecule has 1 heterocycles. The molecule has 0 aliphatic rings. The molecule has 1 aromatic carbocycles. The van der Waals surface area contributed by atoms with E-state index in [1.807, 2.05) is 35.8 Å². The summed E-state index contributed by atoms with van der Waals surface area (Å²) in [4.78, 5) is 16.4. The molecule has 20 heavy (non-hydrogen) atoms. The fourth-order valence-electron chi connectivity index (χ4n) is 2.06. The number of hydrogen-bond acceptors (Lipinski definition) is 3. The zero-order chi connectivity index (χ0) is 14.5. The Hall–Kier alpha value is -1.59. The molecule has 0 aliphatic heterocycles. The molecule has 0 spiro atoms. The second-order valence-corrected chi connectivity index (χ2v) is 5.16. The Morgan fingerprint density at radius 3 is 2.95 bits per heavy atom. The van der Waals surface area contributed by atoms with Crippen molar-refractivity contribution in [2.24, 2.45) is 0 Å². The van der Waals surface area contributed by atoms with E-state index < -0.39 is 0 Å². The van der Waals surface area contributed by atoms with Gasteiger partial charge < -0.3 is 14.6 Å². The standard InChI is InChI=1S/C14H18ClN3O2/c1-10(15)14-17-11-5-3-4-6-12(11)18(14)9-13(19)16-7-8-20-2/h3-6,10H,7-9H2,1-2H3,(H,16,19). The number of carbonyl (C=O) groups excluding carboxylic acids is 1. The van der Waals surface area contributed by atoms with Gasteiger partial charge in [-0.25, -0.2) is 4.98 Å². The lowest BCUT2D eigenvalue weighted by Gasteiger charge is -2.10. The van der Waals surface area contributed by atoms with E-state index in [0.717, 1.165) is 11.0 Å². The van der Waals surface area contributed by atoms with Crippen LogP contribution in [0, 0.1) is 0 Å². The number of benzene rings is 1. The smallest absolute Gasteiger partial charge is 0.240 e. The first kappa shape index (κ1) is 14.8. The van der Waals surface area contributed by atoms with Crippen molar-refractivity contribution < 1.29 is 9.53 Å². The summed E-state index contributed by atoms with van der Waals surface area (Å²) in [6.07, 6.45) is 0. The number of rotatable bonds is 6. The first-order valence-corrected chi connectivity index (χ1v) is 6.92. The number of fused-ring (bicyclic) bond motifs is 1. The van der Waals surface area contributed by atoms with E-state index in [9.17, 15) is 4.79 Å². The number of methoxy groups -OCH3 is 1. The highest BCUT2D eigenvalue weighted by molar-refractivity contribution is 6.20. The lowest BCUT2D eigenvalue weighted by Crippen LogP contribution is -2.30. The Bertz CT molecular complexity index is 595. The SMILES string of the molecule is COCCNC(=O)Cn1c(C(C)Cl)nc2ccccc21. The Balaban J connectivity index is 2.23. The van der Waals surface area contributed by atoms with Crippen LogP contribution in [0.3, 0.4) is 0 Å². The number of nitrogens with one attached hydrogen (secondary N) is 1. The minimum Gasteiger partial charge on any atom is -0.383 e. The van der Waals surface area contributed by atoms with Gasteiger partial charge in [0.1, 0.15) is 12.4 Å². The molecule has 6 heteroatoms. The third-order valence-corrected chi connectivity index (χ3v) is 3.17. The van der Waals surface area contributed by atoms with Gasteiger partial charge >= 0.3 is 0 Å². The minimum atomic E-state index is -0.255. The van der Waals surface area contributed by atoms with E-state index in [4.69, 9.17) is 16.3 Å². The molecule has 1 aromatic heterocycles. The predicted molar refractivity (Wildman–Crippen MR) is 78.9 cm³/mol. The minimum absolute atomic E-state index is 0.0798. The number of halogens is 1. The van der Waals surface area contributed by atoms with Crippen molar-refractivity contribution in [3.63, 3.8) is 0 Å². The first-order valence-electron chi connectivity index (χ1n) is 6.48. The predicted octanol–water partition coefficient (Wildman–Crippen LogP) is 2.10. The van der Waals surface area contributed by atoms with Gasteiger partial charge in [-0.15, -0.1) is 11.6 Å². The summed E-state index contributed by atoms with van der Waals surface area (Å²) in [6.45, 7) is 3.04. The Morgan fingerprint density at radius 2 is 2.25 bits per heavy atom. The van der Waals surface area contributed by atoms with Gasteiger partial charge in [0.25, 0.3) is 0 Å². The van der Waals surface area contributed by atoms with Crippen LogP contribution in [0.2, 0.25) is 0 Å². The van der Waals surface area contributed by atoms with Gasteiger partial charge in [-0.2, -0.15) is 0 Å². The topological polar surface area (TPSA) is 56.1 Å². The second kappa shape index (κ2) is 6.72. The van der Waals surface area contributed by atoms with Crippen LogP contribution in [0.25, 0.3) is 11.0 Å². The highest BCUT2D eigenvalue weighted by Crippen LogP contribution is 2.24. The summed E-state index contributed by atoms with van der Waals surface area (Å²) in [5, 5.41) is 2.54. The molecule has 5 nitrogen and oxygen atoms in total. The van der Waals surface area contributed by atoms with Crippen LogP contribution < -0.4 is 5.32 Å². The molecule has 108 valence electrons. The Kier molecular flexibility index (Phi) is 4.98. The van der Waals surface area contributed by atoms with Gasteiger partial charge in [0.2, 0.25) is 5.91 Å². The van der Waals surface area contributed by atoms with Gasteiger partial charge in [0.05, 0.1) is 23.0 Å². The monoisotopic (exact) mass is 295 g/mol. The molecule has 1 unspecified atom stereocenters. The van der Waals surface area contributed by atoms with Crippen LogP contribution in [-0.4, -0.2) is 35.7 Å². The molecule has 0 bridgehead atoms. The van der Waals surface area contributed by atoms with Crippen molar-refractivity contribution in [1.82, 2.24) is 14.9 Å². The van der Waals surface area contributed by atoms with Gasteiger partial charge in [-0.1, -0.05) is 12.1 Å². The number of aromatic nitrogens is 2. The van der Waals surface area contributed by atoms with Gasteiger partial charge in [-0.3, -0.25) is 4.79 Å². The average Bonchev–Trinajstić information content (AvgIpc) is 2.78. The molecular weight excluding hydrogens is 278 g/mol. The van der Waals surface area contributed by atoms with E-state index in [1.165, 1.54) is 0 Å². The molecule has 1 amide bonds. The quantitative estimate of drug-likeness (QED) is 0.656. The largest absolute Gasteiger partial charge is 0.383 e. The third kappa shape index (κ3) is 3.29. The van der Waals surface area contributed by atoms with Gasteiger partial charge in [0.15, 0.2) is 0 Å². The van der Waals surface area contributed by atoms with Crippen molar-refractivity contribution in [1.29, 1.82) is 0 Å². The first-order chi connectivity index (χ1) is 9.63. The maximum Gasteiger partial charge on any atom is 0.240 e. The highest BCUT2D eigenvalue weighted by Gasteiger charge is 2.16. The average molecular weight is 296 g/mol. The lowest BCUT2D eigenvalue weighted by atomic mass is 10.3. The third-order valence-electron chi connectivity index (χ3n) is 2.97. The van der Waals surface area contributed by atoms with E-state index in [0.29, 0.717) is 19.0 Å². The summed E-state index contributed by atoms with van der Waals surface area (Å²) < 4.78 is 6.76. The molecule has 2 rings (SSSR count). The van der Waals surface area contributed by atoms with Crippen LogP contribution in [0.1, 0.15) is 18.1 Å². The fourth-order valence-corrected chi connectivity index (χ4v) is 2.22. The van der Waals surface area contributed by atoms with Crippen LogP contribution in [0.4, 0.5) is 0 Å². The molecule has 0 fully saturated rings. The number of alkyl halides is 1. The van der Waals surface area contributed by atoms with Crippen LogP contribution in [0.15, 0.2) is 24.3 Å². The number of nitrogens with zero attached hydrogens (tertiary/aromatic N) is 2. The molecular formula is C14H18ClN3O2. The second-order valence-electron chi connectivity index (χ2n) is 4.50. The number of hydrogen-bond donors (Lipinski definition) is 1. The molecule has 1 atom stereocenters. The van der Waals surface area contributed by atoms with Crippen molar-refractivity contribution in [2.75, 3.05) is 20.3 Å². The lowest BCUT2D eigenvalue weighted by molar-refractivity contribution is -0.121. The van der Waals surface area contributed by atoms with Crippen LogP contribution in [0.5, 0.6) is 0 Å².